The van der Waals surface area contributed by atoms with Gasteiger partial charge in [0, 0.05) is 28.8 Å². The SMILES string of the molecule is CNC(=O)c1ccc(C#Cc2cccc(Cl)c2)cc1. The third-order valence-electron chi connectivity index (χ3n) is 2.55. The maximum absolute atomic E-state index is 11.4. The molecule has 2 aromatic carbocycles. The van der Waals surface area contributed by atoms with Crippen molar-refractivity contribution in [2.45, 2.75) is 0 Å². The number of amides is 1. The number of rotatable bonds is 1. The monoisotopic (exact) mass is 269 g/mol. The lowest BCUT2D eigenvalue weighted by Gasteiger charge is -1.98. The molecule has 0 aromatic heterocycles. The zero-order valence-electron chi connectivity index (χ0n) is 10.4. The van der Waals surface area contributed by atoms with Gasteiger partial charge in [-0.3, -0.25) is 4.79 Å². The summed E-state index contributed by atoms with van der Waals surface area (Å²) in [7, 11) is 1.61. The van der Waals surface area contributed by atoms with E-state index in [-0.39, 0.29) is 5.91 Å². The third kappa shape index (κ3) is 3.61. The number of hydrogen-bond acceptors (Lipinski definition) is 1. The molecule has 0 saturated heterocycles. The van der Waals surface area contributed by atoms with Crippen LogP contribution in [0.15, 0.2) is 48.5 Å². The van der Waals surface area contributed by atoms with Crippen LogP contribution in [0.5, 0.6) is 0 Å². The first-order chi connectivity index (χ1) is 9.19. The van der Waals surface area contributed by atoms with Crippen LogP contribution in [-0.2, 0) is 0 Å². The van der Waals surface area contributed by atoms with Crippen LogP contribution in [0.2, 0.25) is 5.02 Å². The molecule has 0 aliphatic carbocycles. The van der Waals surface area contributed by atoms with E-state index in [1.807, 2.05) is 36.4 Å². The zero-order chi connectivity index (χ0) is 13.7. The average Bonchev–Trinajstić information content (AvgIpc) is 2.45. The lowest BCUT2D eigenvalue weighted by molar-refractivity contribution is 0.0963. The van der Waals surface area contributed by atoms with Crippen LogP contribution >= 0.6 is 11.6 Å². The molecule has 0 spiro atoms. The van der Waals surface area contributed by atoms with Crippen molar-refractivity contribution in [2.75, 3.05) is 7.05 Å². The van der Waals surface area contributed by atoms with Crippen LogP contribution in [0.4, 0.5) is 0 Å². The predicted molar refractivity (Wildman–Crippen MR) is 77.3 cm³/mol. The Morgan fingerprint density at radius 2 is 1.74 bits per heavy atom. The quantitative estimate of drug-likeness (QED) is 0.792. The van der Waals surface area contributed by atoms with Gasteiger partial charge in [0.05, 0.1) is 0 Å². The molecule has 19 heavy (non-hydrogen) atoms. The van der Waals surface area contributed by atoms with Crippen molar-refractivity contribution in [1.29, 1.82) is 0 Å². The Hall–Kier alpha value is -2.24. The Morgan fingerprint density at radius 1 is 1.05 bits per heavy atom. The summed E-state index contributed by atoms with van der Waals surface area (Å²) in [5.41, 5.74) is 2.34. The van der Waals surface area contributed by atoms with E-state index in [0.29, 0.717) is 10.6 Å². The molecule has 0 fully saturated rings. The summed E-state index contributed by atoms with van der Waals surface area (Å²) in [5.74, 6) is 5.96. The van der Waals surface area contributed by atoms with Gasteiger partial charge in [0.1, 0.15) is 0 Å². The van der Waals surface area contributed by atoms with E-state index in [1.54, 1.807) is 19.2 Å². The molecule has 0 bridgehead atoms. The van der Waals surface area contributed by atoms with Crippen molar-refractivity contribution in [3.05, 3.63) is 70.2 Å². The first kappa shape index (κ1) is 13.2. The Bertz CT molecular complexity index is 650. The summed E-state index contributed by atoms with van der Waals surface area (Å²) in [6.07, 6.45) is 0. The molecule has 0 unspecified atom stereocenters. The van der Waals surface area contributed by atoms with Crippen LogP contribution in [0.3, 0.4) is 0 Å². The summed E-state index contributed by atoms with van der Waals surface area (Å²) in [5, 5.41) is 3.24. The fourth-order valence-corrected chi connectivity index (χ4v) is 1.75. The van der Waals surface area contributed by atoms with Crippen molar-refractivity contribution < 1.29 is 4.79 Å². The van der Waals surface area contributed by atoms with Gasteiger partial charge >= 0.3 is 0 Å². The summed E-state index contributed by atoms with van der Waals surface area (Å²) in [6.45, 7) is 0. The number of hydrogen-bond donors (Lipinski definition) is 1. The topological polar surface area (TPSA) is 29.1 Å². The normalized spacial score (nSPS) is 9.37. The molecule has 2 rings (SSSR count). The third-order valence-corrected chi connectivity index (χ3v) is 2.79. The molecule has 2 nitrogen and oxygen atoms in total. The number of halogens is 1. The Balaban J connectivity index is 2.19. The van der Waals surface area contributed by atoms with Gasteiger partial charge < -0.3 is 5.32 Å². The van der Waals surface area contributed by atoms with Crippen molar-refractivity contribution in [2.24, 2.45) is 0 Å². The molecule has 3 heteroatoms. The van der Waals surface area contributed by atoms with Gasteiger partial charge in [-0.1, -0.05) is 29.5 Å². The van der Waals surface area contributed by atoms with Crippen LogP contribution in [-0.4, -0.2) is 13.0 Å². The lowest BCUT2D eigenvalue weighted by Crippen LogP contribution is -2.17. The van der Waals surface area contributed by atoms with Gasteiger partial charge in [0.25, 0.3) is 5.91 Å². The van der Waals surface area contributed by atoms with Gasteiger partial charge in [0.15, 0.2) is 0 Å². The van der Waals surface area contributed by atoms with Crippen molar-refractivity contribution in [3.63, 3.8) is 0 Å². The standard InChI is InChI=1S/C16H12ClNO/c1-18-16(19)14-9-7-12(8-10-14)5-6-13-3-2-4-15(17)11-13/h2-4,7-11H,1H3,(H,18,19). The Kier molecular flexibility index (Phi) is 4.22. The fraction of sp³-hybridized carbons (Fsp3) is 0.0625. The van der Waals surface area contributed by atoms with Crippen LogP contribution in [0.1, 0.15) is 21.5 Å². The van der Waals surface area contributed by atoms with Crippen LogP contribution < -0.4 is 5.32 Å². The van der Waals surface area contributed by atoms with Crippen LogP contribution in [0, 0.1) is 11.8 Å². The van der Waals surface area contributed by atoms with Gasteiger partial charge in [-0.25, -0.2) is 0 Å². The maximum Gasteiger partial charge on any atom is 0.251 e. The van der Waals surface area contributed by atoms with Crippen molar-refractivity contribution in [3.8, 4) is 11.8 Å². The molecule has 94 valence electrons. The number of benzene rings is 2. The fourth-order valence-electron chi connectivity index (χ4n) is 1.56. The van der Waals surface area contributed by atoms with Crippen LogP contribution in [0.25, 0.3) is 0 Å². The summed E-state index contributed by atoms with van der Waals surface area (Å²) >= 11 is 5.89. The highest BCUT2D eigenvalue weighted by atomic mass is 35.5. The molecule has 0 saturated carbocycles. The summed E-state index contributed by atoms with van der Waals surface area (Å²) in [6, 6.07) is 14.5. The molecule has 1 amide bonds. The van der Waals surface area contributed by atoms with E-state index >= 15 is 0 Å². The molecule has 0 atom stereocenters. The minimum absolute atomic E-state index is 0.102. The molecule has 0 aliphatic rings. The average molecular weight is 270 g/mol. The minimum Gasteiger partial charge on any atom is -0.355 e. The molecule has 0 radical (unpaired) electrons. The van der Waals surface area contributed by atoms with E-state index in [0.717, 1.165) is 11.1 Å². The van der Waals surface area contributed by atoms with E-state index in [4.69, 9.17) is 11.6 Å². The molecular weight excluding hydrogens is 258 g/mol. The zero-order valence-corrected chi connectivity index (χ0v) is 11.2. The molecule has 0 heterocycles. The largest absolute Gasteiger partial charge is 0.355 e. The molecule has 1 N–H and O–H groups in total. The predicted octanol–water partition coefficient (Wildman–Crippen LogP) is 3.10. The summed E-state index contributed by atoms with van der Waals surface area (Å²) < 4.78 is 0. The highest BCUT2D eigenvalue weighted by Gasteiger charge is 2.00. The molecule has 0 aliphatic heterocycles. The Labute approximate surface area is 117 Å². The van der Waals surface area contributed by atoms with E-state index in [9.17, 15) is 4.79 Å². The Morgan fingerprint density at radius 3 is 2.37 bits per heavy atom. The summed E-state index contributed by atoms with van der Waals surface area (Å²) in [4.78, 5) is 11.4. The number of carbonyl (C=O) groups excluding carboxylic acids is 1. The smallest absolute Gasteiger partial charge is 0.251 e. The first-order valence-corrected chi connectivity index (χ1v) is 6.16. The van der Waals surface area contributed by atoms with E-state index in [1.165, 1.54) is 0 Å². The van der Waals surface area contributed by atoms with Crippen molar-refractivity contribution in [1.82, 2.24) is 5.32 Å². The van der Waals surface area contributed by atoms with Crippen molar-refractivity contribution >= 4 is 17.5 Å². The highest BCUT2D eigenvalue weighted by Crippen LogP contribution is 2.10. The second kappa shape index (κ2) is 6.08. The van der Waals surface area contributed by atoms with Gasteiger partial charge in [-0.15, -0.1) is 0 Å². The van der Waals surface area contributed by atoms with E-state index < -0.39 is 0 Å². The first-order valence-electron chi connectivity index (χ1n) is 5.79. The van der Waals surface area contributed by atoms with E-state index in [2.05, 4.69) is 17.2 Å². The molecule has 2 aromatic rings. The number of carbonyl (C=O) groups is 1. The minimum atomic E-state index is -0.102. The lowest BCUT2D eigenvalue weighted by atomic mass is 10.1. The number of nitrogens with one attached hydrogen (secondary N) is 1. The second-order valence-electron chi connectivity index (χ2n) is 3.92. The second-order valence-corrected chi connectivity index (χ2v) is 4.35. The molecular formula is C16H12ClNO. The highest BCUT2D eigenvalue weighted by molar-refractivity contribution is 6.30. The van der Waals surface area contributed by atoms with Gasteiger partial charge in [0.2, 0.25) is 0 Å². The van der Waals surface area contributed by atoms with Gasteiger partial charge in [-0.05, 0) is 42.5 Å². The van der Waals surface area contributed by atoms with Gasteiger partial charge in [-0.2, -0.15) is 0 Å². The maximum atomic E-state index is 11.4.